The van der Waals surface area contributed by atoms with Crippen molar-refractivity contribution in [2.75, 3.05) is 20.1 Å². The number of rotatable bonds is 6. The number of aromatic nitrogens is 2. The number of carbonyl (C=O) groups is 4. The molecule has 1 atom stereocenters. The molecule has 0 radical (unpaired) electrons. The van der Waals surface area contributed by atoms with Crippen molar-refractivity contribution in [3.8, 4) is 0 Å². The topological polar surface area (TPSA) is 116 Å². The van der Waals surface area contributed by atoms with Gasteiger partial charge in [-0.1, -0.05) is 13.8 Å². The molecule has 1 N–H and O–H groups in total. The van der Waals surface area contributed by atoms with Gasteiger partial charge in [-0.3, -0.25) is 19.3 Å². The summed E-state index contributed by atoms with van der Waals surface area (Å²) in [7, 11) is 1.38. The number of carbonyl (C=O) groups excluding carboxylic acids is 4. The number of hydrogen-bond donors (Lipinski definition) is 1. The number of nitrogens with zero attached hydrogens (tertiary/aromatic N) is 5. The fourth-order valence-corrected chi connectivity index (χ4v) is 5.04. The molecule has 1 spiro atoms. The first kappa shape index (κ1) is 28.9. The van der Waals surface area contributed by atoms with Gasteiger partial charge in [-0.25, -0.2) is 19.2 Å². The van der Waals surface area contributed by atoms with E-state index in [1.165, 1.54) is 29.2 Å². The van der Waals surface area contributed by atoms with Crippen LogP contribution in [0.4, 0.5) is 22.4 Å². The van der Waals surface area contributed by atoms with Crippen molar-refractivity contribution in [1.82, 2.24) is 30.0 Å². The molecule has 1 aromatic heterocycles. The Bertz CT molecular complexity index is 1310. The van der Waals surface area contributed by atoms with E-state index in [-0.39, 0.29) is 32.5 Å². The van der Waals surface area contributed by atoms with Crippen molar-refractivity contribution in [2.24, 2.45) is 5.92 Å². The van der Waals surface area contributed by atoms with Gasteiger partial charge in [-0.05, 0) is 43.0 Å². The highest BCUT2D eigenvalue weighted by Gasteiger charge is 2.57. The number of nitrogens with one attached hydrogen (secondary N) is 1. The molecule has 4 rings (SSSR count). The van der Waals surface area contributed by atoms with Crippen LogP contribution in [0.25, 0.3) is 0 Å². The molecule has 1 aromatic carbocycles. The number of hydrogen-bond acceptors (Lipinski definition) is 6. The van der Waals surface area contributed by atoms with E-state index in [0.29, 0.717) is 24.0 Å². The summed E-state index contributed by atoms with van der Waals surface area (Å²) in [6.07, 6.45) is -1.52. The van der Waals surface area contributed by atoms with Crippen LogP contribution in [-0.2, 0) is 22.3 Å². The van der Waals surface area contributed by atoms with E-state index in [9.17, 15) is 36.7 Å². The SMILES string of the molecule is CC(C)[C@@H](NC(=O)c1cc(C(F)(F)F)ccc1F)C(=O)N1CCC2(CC1)C(=O)N(C)C(=O)N2Cc1ncccn1. The Morgan fingerprint density at radius 2 is 1.73 bits per heavy atom. The number of benzene rings is 1. The highest BCUT2D eigenvalue weighted by molar-refractivity contribution is 6.07. The van der Waals surface area contributed by atoms with Gasteiger partial charge < -0.3 is 15.1 Å². The van der Waals surface area contributed by atoms with Crippen molar-refractivity contribution in [3.63, 3.8) is 0 Å². The van der Waals surface area contributed by atoms with Gasteiger partial charge in [0.25, 0.3) is 11.8 Å². The molecule has 0 saturated carbocycles. The van der Waals surface area contributed by atoms with Crippen LogP contribution in [0.1, 0.15) is 48.4 Å². The second kappa shape index (κ2) is 10.8. The highest BCUT2D eigenvalue weighted by atomic mass is 19.4. The van der Waals surface area contributed by atoms with E-state index in [1.54, 1.807) is 19.9 Å². The molecule has 10 nitrogen and oxygen atoms in total. The molecule has 0 aliphatic carbocycles. The van der Waals surface area contributed by atoms with Crippen molar-refractivity contribution in [2.45, 2.75) is 51.0 Å². The normalized spacial score (nSPS) is 18.1. The summed E-state index contributed by atoms with van der Waals surface area (Å²) in [5.41, 5.74) is -3.23. The van der Waals surface area contributed by atoms with Crippen LogP contribution < -0.4 is 5.32 Å². The zero-order valence-corrected chi connectivity index (χ0v) is 22.0. The smallest absolute Gasteiger partial charge is 0.341 e. The molecule has 40 heavy (non-hydrogen) atoms. The molecule has 3 heterocycles. The third-order valence-corrected chi connectivity index (χ3v) is 7.32. The van der Waals surface area contributed by atoms with Crippen LogP contribution >= 0.6 is 0 Å². The van der Waals surface area contributed by atoms with Crippen molar-refractivity contribution < 1.29 is 36.7 Å². The summed E-state index contributed by atoms with van der Waals surface area (Å²) in [5, 5.41) is 2.38. The Morgan fingerprint density at radius 1 is 1.10 bits per heavy atom. The summed E-state index contributed by atoms with van der Waals surface area (Å²) in [6.45, 7) is 3.39. The lowest BCUT2D eigenvalue weighted by Gasteiger charge is -2.43. The molecule has 2 fully saturated rings. The largest absolute Gasteiger partial charge is 0.416 e. The highest BCUT2D eigenvalue weighted by Crippen LogP contribution is 2.38. The maximum absolute atomic E-state index is 14.3. The quantitative estimate of drug-likeness (QED) is 0.426. The molecule has 5 amide bonds. The maximum atomic E-state index is 14.3. The van der Waals surface area contributed by atoms with E-state index in [1.807, 2.05) is 0 Å². The van der Waals surface area contributed by atoms with Crippen LogP contribution in [0.2, 0.25) is 0 Å². The second-order valence-electron chi connectivity index (χ2n) is 10.1. The molecule has 2 aliphatic rings. The number of piperidine rings is 1. The van der Waals surface area contributed by atoms with Crippen LogP contribution in [0.5, 0.6) is 0 Å². The van der Waals surface area contributed by atoms with Gasteiger partial charge in [0.15, 0.2) is 0 Å². The van der Waals surface area contributed by atoms with Crippen LogP contribution in [-0.4, -0.2) is 80.1 Å². The summed E-state index contributed by atoms with van der Waals surface area (Å²) in [6, 6.07) is 1.43. The monoisotopic (exact) mass is 564 g/mol. The number of likely N-dealkylation sites (N-methyl/N-ethyl adjacent to an activating group) is 1. The predicted molar refractivity (Wildman–Crippen MR) is 132 cm³/mol. The Hall–Kier alpha value is -4.10. The standard InChI is InChI=1S/C26H28F4N6O4/c1-15(2)20(33-21(37)17-13-16(26(28,29)30)5-6-18(17)27)22(38)35-11-7-25(8-12-35)23(39)34(3)24(40)36(25)14-19-31-9-4-10-32-19/h4-6,9-10,13,15,20H,7-8,11-12,14H2,1-3H3,(H,33,37)/t20-/m1/s1. The number of urea groups is 1. The molecule has 2 saturated heterocycles. The van der Waals surface area contributed by atoms with Crippen LogP contribution in [0.15, 0.2) is 36.7 Å². The van der Waals surface area contributed by atoms with Crippen molar-refractivity contribution in [3.05, 3.63) is 59.4 Å². The van der Waals surface area contributed by atoms with E-state index in [4.69, 9.17) is 0 Å². The Morgan fingerprint density at radius 3 is 2.30 bits per heavy atom. The lowest BCUT2D eigenvalue weighted by Crippen LogP contribution is -2.60. The molecule has 0 unspecified atom stereocenters. The minimum Gasteiger partial charge on any atom is -0.341 e. The molecule has 0 bridgehead atoms. The molecule has 2 aromatic rings. The van der Waals surface area contributed by atoms with Gasteiger partial charge >= 0.3 is 12.2 Å². The Labute approximate surface area is 227 Å². The average Bonchev–Trinajstić information content (AvgIpc) is 3.08. The van der Waals surface area contributed by atoms with Crippen LogP contribution in [0, 0.1) is 11.7 Å². The Kier molecular flexibility index (Phi) is 7.81. The molecule has 14 heteroatoms. The van der Waals surface area contributed by atoms with E-state index >= 15 is 0 Å². The lowest BCUT2D eigenvalue weighted by atomic mass is 9.85. The average molecular weight is 565 g/mol. The third-order valence-electron chi connectivity index (χ3n) is 7.32. The zero-order chi connectivity index (χ0) is 29.4. The number of amides is 5. The number of halogens is 4. The first-order valence-corrected chi connectivity index (χ1v) is 12.6. The summed E-state index contributed by atoms with van der Waals surface area (Å²) >= 11 is 0. The first-order chi connectivity index (χ1) is 18.8. The van der Waals surface area contributed by atoms with E-state index in [2.05, 4.69) is 15.3 Å². The minimum absolute atomic E-state index is 0.00305. The Balaban J connectivity index is 1.50. The lowest BCUT2D eigenvalue weighted by molar-refractivity contribution is -0.142. The zero-order valence-electron chi connectivity index (χ0n) is 22.0. The fraction of sp³-hybridized carbons (Fsp3) is 0.462. The van der Waals surface area contributed by atoms with E-state index < -0.39 is 64.4 Å². The second-order valence-corrected chi connectivity index (χ2v) is 10.1. The number of imide groups is 1. The van der Waals surface area contributed by atoms with Gasteiger partial charge in [-0.15, -0.1) is 0 Å². The van der Waals surface area contributed by atoms with Crippen LogP contribution in [0.3, 0.4) is 0 Å². The summed E-state index contributed by atoms with van der Waals surface area (Å²) < 4.78 is 53.6. The minimum atomic E-state index is -4.78. The van der Waals surface area contributed by atoms with Gasteiger partial charge in [0.1, 0.15) is 23.2 Å². The third kappa shape index (κ3) is 5.34. The molecular weight excluding hydrogens is 536 g/mol. The number of likely N-dealkylation sites (tertiary alicyclic amines) is 1. The van der Waals surface area contributed by atoms with Crippen molar-refractivity contribution >= 4 is 23.8 Å². The molecule has 2 aliphatic heterocycles. The van der Waals surface area contributed by atoms with Gasteiger partial charge in [0.2, 0.25) is 5.91 Å². The maximum Gasteiger partial charge on any atom is 0.416 e. The summed E-state index contributed by atoms with van der Waals surface area (Å²) in [5.74, 6) is -3.40. The summed E-state index contributed by atoms with van der Waals surface area (Å²) in [4.78, 5) is 64.5. The van der Waals surface area contributed by atoms with E-state index in [0.717, 1.165) is 4.90 Å². The molecular formula is C26H28F4N6O4. The molecule has 214 valence electrons. The van der Waals surface area contributed by atoms with Gasteiger partial charge in [-0.2, -0.15) is 13.2 Å². The first-order valence-electron chi connectivity index (χ1n) is 12.6. The predicted octanol–water partition coefficient (Wildman–Crippen LogP) is 2.84. The van der Waals surface area contributed by atoms with Gasteiger partial charge in [0, 0.05) is 32.5 Å². The van der Waals surface area contributed by atoms with Crippen molar-refractivity contribution in [1.29, 1.82) is 0 Å². The number of alkyl halides is 3. The fourth-order valence-electron chi connectivity index (χ4n) is 5.04. The van der Waals surface area contributed by atoms with Gasteiger partial charge in [0.05, 0.1) is 17.7 Å².